The molecule has 5 atom stereocenters. The number of halogens is 2. The molecule has 2 aromatic rings. The van der Waals surface area contributed by atoms with E-state index in [1.165, 1.54) is 0 Å². The number of benzene rings is 1. The van der Waals surface area contributed by atoms with Crippen LogP contribution in [0.2, 0.25) is 0 Å². The summed E-state index contributed by atoms with van der Waals surface area (Å²) in [6.45, 7) is 5.01. The normalized spacial score (nSPS) is 31.3. The zero-order valence-corrected chi connectivity index (χ0v) is 27.6. The number of alkyl halides is 2. The Kier molecular flexibility index (Phi) is 9.09. The molecule has 6 nitrogen and oxygen atoms in total. The Morgan fingerprint density at radius 3 is 2.63 bits per heavy atom. The van der Waals surface area contributed by atoms with Crippen LogP contribution in [0.4, 0.5) is 4.39 Å². The molecular formula is C26H38BFIN3O3P2S. The average molecular weight is 691 g/mol. The van der Waals surface area contributed by atoms with Gasteiger partial charge in [-0.1, -0.05) is 63.9 Å². The number of nitrogens with one attached hydrogen (secondary N) is 1. The van der Waals surface area contributed by atoms with Gasteiger partial charge in [-0.15, -0.1) is 9.24 Å². The molecule has 12 heteroatoms. The number of imidazole rings is 1. The Morgan fingerprint density at radius 2 is 2.03 bits per heavy atom. The molecule has 0 radical (unpaired) electrons. The molecule has 208 valence electrons. The van der Waals surface area contributed by atoms with Crippen molar-refractivity contribution in [1.29, 1.82) is 0 Å². The van der Waals surface area contributed by atoms with E-state index in [-0.39, 0.29) is 25.9 Å². The molecule has 2 fully saturated rings. The van der Waals surface area contributed by atoms with E-state index in [1.54, 1.807) is 19.1 Å². The molecule has 1 amide bonds. The van der Waals surface area contributed by atoms with Gasteiger partial charge in [0.15, 0.2) is 9.84 Å². The maximum Gasteiger partial charge on any atom is 0.234 e. The van der Waals surface area contributed by atoms with Crippen molar-refractivity contribution in [2.75, 3.05) is 24.6 Å². The Hall–Kier alpha value is -0.565. The molecule has 38 heavy (non-hydrogen) atoms. The number of H-pyrrole nitrogens is 1. The van der Waals surface area contributed by atoms with Crippen molar-refractivity contribution in [1.82, 2.24) is 14.9 Å². The lowest BCUT2D eigenvalue weighted by Crippen LogP contribution is -2.41. The molecule has 1 saturated carbocycles. The largest absolute Gasteiger partial charge is 0.342 e. The number of sulfone groups is 1. The van der Waals surface area contributed by atoms with E-state index in [9.17, 15) is 17.6 Å². The molecular weight excluding hydrogens is 653 g/mol. The number of fused-ring (bicyclic) bond motifs is 1. The lowest BCUT2D eigenvalue weighted by atomic mass is 9.79. The SMILES string of the molecule is BC1(I)CN(C(=O)C(C=CCS(=O)(=O)CC)c2ccc3[nH]c(CC4CCC(F)(P)CC4)nc3c2)CC1(C)P. The summed E-state index contributed by atoms with van der Waals surface area (Å²) in [5.41, 5.74) is 2.47. The molecule has 1 aromatic carbocycles. The number of likely N-dealkylation sites (tertiary alicyclic amines) is 1. The van der Waals surface area contributed by atoms with E-state index in [4.69, 9.17) is 4.98 Å². The smallest absolute Gasteiger partial charge is 0.234 e. The summed E-state index contributed by atoms with van der Waals surface area (Å²) in [7, 11) is 4.22. The molecule has 1 saturated heterocycles. The first-order chi connectivity index (χ1) is 17.6. The fourth-order valence-corrected chi connectivity index (χ4v) is 7.17. The minimum atomic E-state index is -3.19. The fraction of sp³-hybridized carbons (Fsp3) is 0.615. The highest BCUT2D eigenvalue weighted by molar-refractivity contribution is 14.1. The Labute approximate surface area is 245 Å². The van der Waals surface area contributed by atoms with Crippen LogP contribution in [0.1, 0.15) is 56.8 Å². The standard InChI is InChI=1S/C26H38BFIN3O3P2S/c1-3-38(34,35)12-4-5-19(23(33)32-15-24(2,36)26(27,29)16-32)18-6-7-20-21(14-18)31-22(30-20)13-17-8-10-25(28,37)11-9-17/h4-7,14,17,19H,3,8-13,15-16,27,36-37H2,1-2H3,(H,30,31). The Balaban J connectivity index is 1.59. The molecule has 4 rings (SSSR count). The second kappa shape index (κ2) is 11.4. The van der Waals surface area contributed by atoms with Crippen molar-refractivity contribution < 1.29 is 17.6 Å². The van der Waals surface area contributed by atoms with Crippen molar-refractivity contribution >= 4 is 75.7 Å². The van der Waals surface area contributed by atoms with Crippen molar-refractivity contribution in [3.63, 3.8) is 0 Å². The molecule has 2 heterocycles. The van der Waals surface area contributed by atoms with Crippen LogP contribution in [0, 0.1) is 5.92 Å². The highest BCUT2D eigenvalue weighted by Gasteiger charge is 2.49. The second-order valence-corrected chi connectivity index (χ2v) is 18.6. The van der Waals surface area contributed by atoms with Gasteiger partial charge in [0.1, 0.15) is 19.1 Å². The maximum atomic E-state index is 14.2. The third-order valence-electron chi connectivity index (χ3n) is 8.23. The number of hydrogen-bond donors (Lipinski definition) is 1. The highest BCUT2D eigenvalue weighted by atomic mass is 127. The minimum Gasteiger partial charge on any atom is -0.342 e. The van der Waals surface area contributed by atoms with Gasteiger partial charge in [0.05, 0.1) is 22.7 Å². The van der Waals surface area contributed by atoms with Gasteiger partial charge in [0, 0.05) is 33.7 Å². The van der Waals surface area contributed by atoms with E-state index in [2.05, 4.69) is 60.8 Å². The van der Waals surface area contributed by atoms with E-state index < -0.39 is 21.2 Å². The number of aromatic nitrogens is 2. The Morgan fingerprint density at radius 1 is 1.34 bits per heavy atom. The van der Waals surface area contributed by atoms with E-state index >= 15 is 0 Å². The summed E-state index contributed by atoms with van der Waals surface area (Å²) in [4.78, 5) is 24.0. The number of rotatable bonds is 8. The quantitative estimate of drug-likeness (QED) is 0.148. The van der Waals surface area contributed by atoms with Gasteiger partial charge >= 0.3 is 0 Å². The summed E-state index contributed by atoms with van der Waals surface area (Å²) in [6, 6.07) is 5.81. The van der Waals surface area contributed by atoms with Gasteiger partial charge < -0.3 is 9.88 Å². The number of amides is 1. The number of aromatic amines is 1. The zero-order valence-electron chi connectivity index (χ0n) is 22.3. The summed E-state index contributed by atoms with van der Waals surface area (Å²) in [6.07, 6.45) is 6.91. The first-order valence-corrected chi connectivity index (χ1v) is 17.3. The third-order valence-corrected chi connectivity index (χ3v) is 13.4. The molecule has 1 aromatic heterocycles. The zero-order chi connectivity index (χ0) is 27.9. The first-order valence-electron chi connectivity index (χ1n) is 13.2. The summed E-state index contributed by atoms with van der Waals surface area (Å²) in [5, 5.41) is -1.26. The number of nitrogens with zero attached hydrogens (tertiary/aromatic N) is 2. The van der Waals surface area contributed by atoms with Gasteiger partial charge in [0.25, 0.3) is 0 Å². The Bertz CT molecular complexity index is 1310. The minimum absolute atomic E-state index is 0.0336. The molecule has 0 bridgehead atoms. The lowest BCUT2D eigenvalue weighted by Gasteiger charge is -2.30. The van der Waals surface area contributed by atoms with Crippen molar-refractivity contribution in [2.24, 2.45) is 5.92 Å². The van der Waals surface area contributed by atoms with Crippen LogP contribution in [-0.4, -0.2) is 75.5 Å². The maximum absolute atomic E-state index is 14.2. The van der Waals surface area contributed by atoms with Crippen LogP contribution in [0.5, 0.6) is 0 Å². The van der Waals surface area contributed by atoms with Crippen LogP contribution in [-0.2, 0) is 21.1 Å². The van der Waals surface area contributed by atoms with Crippen molar-refractivity contribution in [3.05, 3.63) is 41.7 Å². The number of hydrogen-bond acceptors (Lipinski definition) is 4. The molecule has 1 aliphatic carbocycles. The molecule has 0 spiro atoms. The van der Waals surface area contributed by atoms with Crippen LogP contribution >= 0.6 is 41.1 Å². The monoisotopic (exact) mass is 691 g/mol. The van der Waals surface area contributed by atoms with Gasteiger partial charge in [-0.3, -0.25) is 4.79 Å². The first kappa shape index (κ1) is 30.4. The predicted octanol–water partition coefficient (Wildman–Crippen LogP) is 4.15. The van der Waals surface area contributed by atoms with Crippen LogP contribution in [0.3, 0.4) is 0 Å². The van der Waals surface area contributed by atoms with Crippen LogP contribution in [0.15, 0.2) is 30.4 Å². The summed E-state index contributed by atoms with van der Waals surface area (Å²) < 4.78 is 38.3. The molecule has 1 N–H and O–H groups in total. The van der Waals surface area contributed by atoms with Crippen LogP contribution < -0.4 is 0 Å². The van der Waals surface area contributed by atoms with Crippen molar-refractivity contribution in [2.45, 2.75) is 65.8 Å². The summed E-state index contributed by atoms with van der Waals surface area (Å²) in [5.74, 6) is 0.614. The number of carbonyl (C=O) groups excluding carboxylic acids is 1. The third kappa shape index (κ3) is 7.01. The molecule has 1 aliphatic heterocycles. The molecule has 5 unspecified atom stereocenters. The van der Waals surface area contributed by atoms with Gasteiger partial charge in [-0.25, -0.2) is 17.8 Å². The van der Waals surface area contributed by atoms with Crippen LogP contribution in [0.25, 0.3) is 11.0 Å². The highest BCUT2D eigenvalue weighted by Crippen LogP contribution is 2.44. The van der Waals surface area contributed by atoms with Gasteiger partial charge in [0.2, 0.25) is 5.91 Å². The molecule has 2 aliphatic rings. The number of carbonyl (C=O) groups is 1. The fourth-order valence-electron chi connectivity index (χ4n) is 5.30. The lowest BCUT2D eigenvalue weighted by molar-refractivity contribution is -0.130. The topological polar surface area (TPSA) is 83.1 Å². The van der Waals surface area contributed by atoms with E-state index in [1.807, 2.05) is 23.1 Å². The predicted molar refractivity (Wildman–Crippen MR) is 172 cm³/mol. The average Bonchev–Trinajstić information content (AvgIpc) is 3.33. The van der Waals surface area contributed by atoms with Gasteiger partial charge in [-0.2, -0.15) is 0 Å². The second-order valence-electron chi connectivity index (χ2n) is 11.6. The van der Waals surface area contributed by atoms with E-state index in [0.29, 0.717) is 31.8 Å². The van der Waals surface area contributed by atoms with Gasteiger partial charge in [-0.05, 0) is 49.3 Å². The summed E-state index contributed by atoms with van der Waals surface area (Å²) >= 11 is 2.43. The van der Waals surface area contributed by atoms with Crippen molar-refractivity contribution in [3.8, 4) is 0 Å². The van der Waals surface area contributed by atoms with E-state index in [0.717, 1.165) is 41.7 Å².